The van der Waals surface area contributed by atoms with Gasteiger partial charge in [-0.2, -0.15) is 5.10 Å². The van der Waals surface area contributed by atoms with E-state index < -0.39 is 0 Å². The number of amides is 1. The van der Waals surface area contributed by atoms with Gasteiger partial charge in [0, 0.05) is 18.8 Å². The van der Waals surface area contributed by atoms with Gasteiger partial charge < -0.3 is 14.2 Å². The van der Waals surface area contributed by atoms with E-state index in [2.05, 4.69) is 20.2 Å². The van der Waals surface area contributed by atoms with Crippen molar-refractivity contribution < 1.29 is 14.1 Å². The molecule has 0 saturated carbocycles. The predicted octanol–water partition coefficient (Wildman–Crippen LogP) is 3.60. The summed E-state index contributed by atoms with van der Waals surface area (Å²) in [7, 11) is 0. The molecule has 9 heteroatoms. The molecule has 0 aliphatic carbocycles. The Morgan fingerprint density at radius 2 is 2.06 bits per heavy atom. The van der Waals surface area contributed by atoms with Gasteiger partial charge in [-0.05, 0) is 55.7 Å². The number of aromatic nitrogens is 5. The molecule has 1 amide bonds. The third-order valence-electron chi connectivity index (χ3n) is 5.47. The Labute approximate surface area is 184 Å². The van der Waals surface area contributed by atoms with Gasteiger partial charge in [0.25, 0.3) is 5.91 Å². The van der Waals surface area contributed by atoms with Gasteiger partial charge in [-0.3, -0.25) is 9.78 Å². The molecule has 9 nitrogen and oxygen atoms in total. The Morgan fingerprint density at radius 3 is 2.84 bits per heavy atom. The van der Waals surface area contributed by atoms with Gasteiger partial charge in [-0.15, -0.1) is 0 Å². The summed E-state index contributed by atoms with van der Waals surface area (Å²) in [6.45, 7) is 0.851. The first-order valence-corrected chi connectivity index (χ1v) is 10.5. The van der Waals surface area contributed by atoms with E-state index in [-0.39, 0.29) is 24.2 Å². The smallest absolute Gasteiger partial charge is 0.276 e. The van der Waals surface area contributed by atoms with Crippen LogP contribution in [-0.4, -0.2) is 42.3 Å². The number of rotatable bonds is 6. The molecule has 1 saturated heterocycles. The number of nitrogens with zero attached hydrogens (tertiary/aromatic N) is 6. The van der Waals surface area contributed by atoms with E-state index in [1.165, 1.54) is 6.33 Å². The first kappa shape index (κ1) is 19.9. The summed E-state index contributed by atoms with van der Waals surface area (Å²) in [5, 5.41) is 8.09. The molecule has 0 spiro atoms. The van der Waals surface area contributed by atoms with Crippen LogP contribution in [0, 0.1) is 0 Å². The Hall–Kier alpha value is -4.01. The fourth-order valence-corrected chi connectivity index (χ4v) is 3.88. The topological polar surface area (TPSA) is 99.2 Å². The van der Waals surface area contributed by atoms with Crippen molar-refractivity contribution in [2.75, 3.05) is 6.54 Å². The quantitative estimate of drug-likeness (QED) is 0.461. The van der Waals surface area contributed by atoms with Crippen LogP contribution in [-0.2, 0) is 6.61 Å². The van der Waals surface area contributed by atoms with E-state index in [4.69, 9.17) is 9.26 Å². The Morgan fingerprint density at radius 1 is 1.16 bits per heavy atom. The second-order valence-corrected chi connectivity index (χ2v) is 7.57. The Kier molecular flexibility index (Phi) is 5.61. The molecule has 1 aromatic carbocycles. The summed E-state index contributed by atoms with van der Waals surface area (Å²) in [5.41, 5.74) is 2.07. The zero-order valence-corrected chi connectivity index (χ0v) is 17.4. The van der Waals surface area contributed by atoms with Gasteiger partial charge in [0.1, 0.15) is 25.0 Å². The van der Waals surface area contributed by atoms with Gasteiger partial charge in [0.05, 0.1) is 17.4 Å². The summed E-state index contributed by atoms with van der Waals surface area (Å²) in [5.74, 6) is 1.01. The third kappa shape index (κ3) is 4.22. The maximum atomic E-state index is 13.1. The lowest BCUT2D eigenvalue weighted by atomic mass is 9.98. The van der Waals surface area contributed by atoms with Crippen LogP contribution in [0.5, 0.6) is 5.75 Å². The number of hydrogen-bond acceptors (Lipinski definition) is 7. The van der Waals surface area contributed by atoms with Crippen molar-refractivity contribution in [3.63, 3.8) is 0 Å². The number of carbonyl (C=O) groups excluding carboxylic acids is 1. The van der Waals surface area contributed by atoms with E-state index in [1.54, 1.807) is 23.3 Å². The average molecular weight is 430 g/mol. The van der Waals surface area contributed by atoms with Crippen molar-refractivity contribution in [3.8, 4) is 11.4 Å². The highest BCUT2D eigenvalue weighted by molar-refractivity contribution is 5.92. The van der Waals surface area contributed by atoms with Crippen molar-refractivity contribution in [1.29, 1.82) is 0 Å². The van der Waals surface area contributed by atoms with E-state index in [1.807, 2.05) is 47.4 Å². The molecule has 0 radical (unpaired) electrons. The van der Waals surface area contributed by atoms with E-state index in [0.29, 0.717) is 18.1 Å². The zero-order valence-electron chi connectivity index (χ0n) is 17.4. The van der Waals surface area contributed by atoms with Crippen molar-refractivity contribution in [3.05, 3.63) is 84.5 Å². The minimum Gasteiger partial charge on any atom is -0.486 e. The van der Waals surface area contributed by atoms with Crippen molar-refractivity contribution >= 4 is 5.91 Å². The van der Waals surface area contributed by atoms with E-state index >= 15 is 0 Å². The normalized spacial score (nSPS) is 16.1. The molecule has 0 bridgehead atoms. The molecule has 5 rings (SSSR count). The second kappa shape index (κ2) is 9.01. The van der Waals surface area contributed by atoms with Crippen molar-refractivity contribution in [2.24, 2.45) is 0 Å². The molecule has 4 heterocycles. The molecular weight excluding hydrogens is 408 g/mol. The van der Waals surface area contributed by atoms with Crippen LogP contribution >= 0.6 is 0 Å². The second-order valence-electron chi connectivity index (χ2n) is 7.57. The van der Waals surface area contributed by atoms with E-state index in [9.17, 15) is 4.79 Å². The SMILES string of the molecule is O=C(c1cc(COc2ccc(-n3cncn3)cc2)on1)N1CCCCC1c1ccccn1. The number of piperidine rings is 1. The number of benzene rings is 1. The average Bonchev–Trinajstić information content (AvgIpc) is 3.56. The molecule has 1 aliphatic heterocycles. The molecule has 32 heavy (non-hydrogen) atoms. The maximum absolute atomic E-state index is 13.1. The number of hydrogen-bond donors (Lipinski definition) is 0. The third-order valence-corrected chi connectivity index (χ3v) is 5.47. The molecular formula is C23H22N6O3. The van der Waals surface area contributed by atoms with Crippen LogP contribution in [0.1, 0.15) is 47.2 Å². The summed E-state index contributed by atoms with van der Waals surface area (Å²) < 4.78 is 12.8. The molecule has 0 N–H and O–H groups in total. The Balaban J connectivity index is 1.23. The zero-order chi connectivity index (χ0) is 21.8. The summed E-state index contributed by atoms with van der Waals surface area (Å²) in [4.78, 5) is 23.4. The highest BCUT2D eigenvalue weighted by atomic mass is 16.5. The fraction of sp³-hybridized carbons (Fsp3) is 0.261. The van der Waals surface area contributed by atoms with Crippen LogP contribution in [0.2, 0.25) is 0 Å². The van der Waals surface area contributed by atoms with Crippen LogP contribution in [0.25, 0.3) is 5.69 Å². The lowest BCUT2D eigenvalue weighted by Gasteiger charge is -2.34. The first-order chi connectivity index (χ1) is 15.8. The fourth-order valence-electron chi connectivity index (χ4n) is 3.88. The molecule has 162 valence electrons. The number of carbonyl (C=O) groups is 1. The summed E-state index contributed by atoms with van der Waals surface area (Å²) >= 11 is 0. The number of pyridine rings is 1. The lowest BCUT2D eigenvalue weighted by molar-refractivity contribution is 0.0595. The van der Waals surface area contributed by atoms with Gasteiger partial charge in [-0.25, -0.2) is 9.67 Å². The van der Waals surface area contributed by atoms with Gasteiger partial charge >= 0.3 is 0 Å². The van der Waals surface area contributed by atoms with Crippen molar-refractivity contribution in [1.82, 2.24) is 29.8 Å². The molecule has 1 aliphatic rings. The molecule has 3 aromatic heterocycles. The van der Waals surface area contributed by atoms with Gasteiger partial charge in [0.15, 0.2) is 11.5 Å². The number of likely N-dealkylation sites (tertiary alicyclic amines) is 1. The van der Waals surface area contributed by atoms with Crippen molar-refractivity contribution in [2.45, 2.75) is 31.9 Å². The molecule has 1 fully saturated rings. The monoisotopic (exact) mass is 430 g/mol. The molecule has 1 unspecified atom stereocenters. The predicted molar refractivity (Wildman–Crippen MR) is 114 cm³/mol. The van der Waals surface area contributed by atoms with E-state index in [0.717, 1.165) is 30.6 Å². The minimum atomic E-state index is -0.146. The molecule has 1 atom stereocenters. The van der Waals surface area contributed by atoms with Gasteiger partial charge in [-0.1, -0.05) is 11.2 Å². The van der Waals surface area contributed by atoms with Crippen LogP contribution in [0.3, 0.4) is 0 Å². The molecule has 4 aromatic rings. The van der Waals surface area contributed by atoms with Crippen LogP contribution in [0.15, 0.2) is 71.9 Å². The summed E-state index contributed by atoms with van der Waals surface area (Å²) in [6.07, 6.45) is 7.79. The first-order valence-electron chi connectivity index (χ1n) is 10.5. The number of ether oxygens (including phenoxy) is 1. The summed E-state index contributed by atoms with van der Waals surface area (Å²) in [6, 6.07) is 14.8. The maximum Gasteiger partial charge on any atom is 0.276 e. The standard InChI is InChI=1S/C23H22N6O3/c30-23(28-12-4-2-6-22(28)20-5-1-3-11-25-20)21-13-19(32-27-21)14-31-18-9-7-17(8-10-18)29-16-24-15-26-29/h1,3,5,7-11,13,15-16,22H,2,4,6,12,14H2. The highest BCUT2D eigenvalue weighted by Gasteiger charge is 2.31. The van der Waals surface area contributed by atoms with Gasteiger partial charge in [0.2, 0.25) is 0 Å². The minimum absolute atomic E-state index is 0.0441. The van der Waals surface area contributed by atoms with Crippen LogP contribution < -0.4 is 4.74 Å². The highest BCUT2D eigenvalue weighted by Crippen LogP contribution is 2.31. The largest absolute Gasteiger partial charge is 0.486 e. The Bertz CT molecular complexity index is 1160. The lowest BCUT2D eigenvalue weighted by Crippen LogP contribution is -2.39. The van der Waals surface area contributed by atoms with Crippen LogP contribution in [0.4, 0.5) is 0 Å².